The summed E-state index contributed by atoms with van der Waals surface area (Å²) in [6.45, 7) is 0. The first-order chi connectivity index (χ1) is 12.6. The van der Waals surface area contributed by atoms with Crippen LogP contribution >= 0.6 is 11.6 Å². The lowest BCUT2D eigenvalue weighted by molar-refractivity contribution is 0.0996. The summed E-state index contributed by atoms with van der Waals surface area (Å²) in [5.74, 6) is -0.404. The molecule has 0 saturated heterocycles. The molecule has 5 N–H and O–H groups in total. The number of hydrogen-bond donors (Lipinski definition) is 3. The van der Waals surface area contributed by atoms with Crippen LogP contribution < -0.4 is 11.5 Å². The lowest BCUT2D eigenvalue weighted by Gasteiger charge is -2.13. The first-order valence-electron chi connectivity index (χ1n) is 7.71. The van der Waals surface area contributed by atoms with Crippen molar-refractivity contribution in [1.29, 1.82) is 0 Å². The van der Waals surface area contributed by atoms with Crippen molar-refractivity contribution in [2.45, 2.75) is 0 Å². The number of nitrogens with one attached hydrogen (secondary N) is 1. The topological polar surface area (TPSA) is 124 Å². The maximum Gasteiger partial charge on any atom is 0.269 e. The molecular formula is C18H13ClN6O. The molecular weight excluding hydrogens is 352 g/mol. The van der Waals surface area contributed by atoms with Gasteiger partial charge >= 0.3 is 0 Å². The molecule has 2 aromatic carbocycles. The van der Waals surface area contributed by atoms with Crippen molar-refractivity contribution in [3.05, 3.63) is 59.4 Å². The van der Waals surface area contributed by atoms with Gasteiger partial charge in [0.25, 0.3) is 5.91 Å². The molecule has 128 valence electrons. The highest BCUT2D eigenvalue weighted by Crippen LogP contribution is 2.38. The third kappa shape index (κ3) is 2.55. The van der Waals surface area contributed by atoms with E-state index in [9.17, 15) is 4.79 Å². The Morgan fingerprint density at radius 1 is 1.08 bits per heavy atom. The Kier molecular flexibility index (Phi) is 3.78. The van der Waals surface area contributed by atoms with Gasteiger partial charge in [-0.3, -0.25) is 9.89 Å². The minimum absolute atomic E-state index is 0.0505. The van der Waals surface area contributed by atoms with Gasteiger partial charge < -0.3 is 11.5 Å². The number of nitrogen functional groups attached to an aromatic ring is 1. The first kappa shape index (κ1) is 16.0. The van der Waals surface area contributed by atoms with Crippen LogP contribution in [0.3, 0.4) is 0 Å². The van der Waals surface area contributed by atoms with E-state index in [1.807, 2.05) is 30.3 Å². The van der Waals surface area contributed by atoms with Gasteiger partial charge in [0.1, 0.15) is 5.69 Å². The molecule has 0 bridgehead atoms. The van der Waals surface area contributed by atoms with Crippen molar-refractivity contribution < 1.29 is 4.79 Å². The normalized spacial score (nSPS) is 11.0. The number of H-pyrrole nitrogens is 1. The molecule has 7 nitrogen and oxygen atoms in total. The molecule has 2 heterocycles. The van der Waals surface area contributed by atoms with Crippen molar-refractivity contribution in [2.24, 2.45) is 5.73 Å². The molecule has 0 fully saturated rings. The van der Waals surface area contributed by atoms with Crippen LogP contribution in [0.25, 0.3) is 33.5 Å². The number of aromatic nitrogens is 4. The van der Waals surface area contributed by atoms with Crippen LogP contribution in [-0.2, 0) is 0 Å². The first-order valence-corrected chi connectivity index (χ1v) is 8.08. The van der Waals surface area contributed by atoms with Gasteiger partial charge in [0, 0.05) is 16.5 Å². The predicted molar refractivity (Wildman–Crippen MR) is 100 cm³/mol. The molecule has 0 aliphatic carbocycles. The number of halogens is 1. The predicted octanol–water partition coefficient (Wildman–Crippen LogP) is 3.02. The second-order valence-corrected chi connectivity index (χ2v) is 6.05. The van der Waals surface area contributed by atoms with E-state index in [-0.39, 0.29) is 11.4 Å². The maximum absolute atomic E-state index is 11.9. The number of anilines is 1. The number of nitrogens with two attached hydrogens (primary N) is 2. The fourth-order valence-electron chi connectivity index (χ4n) is 2.80. The Morgan fingerprint density at radius 3 is 2.58 bits per heavy atom. The zero-order chi connectivity index (χ0) is 18.3. The van der Waals surface area contributed by atoms with E-state index in [1.54, 1.807) is 18.3 Å². The number of nitrogens with zero attached hydrogens (tertiary/aromatic N) is 3. The number of carbonyl (C=O) groups is 1. The summed E-state index contributed by atoms with van der Waals surface area (Å²) in [6, 6.07) is 12.8. The van der Waals surface area contributed by atoms with Crippen LogP contribution in [0.5, 0.6) is 0 Å². The fourth-order valence-corrected chi connectivity index (χ4v) is 3.05. The summed E-state index contributed by atoms with van der Waals surface area (Å²) in [7, 11) is 0. The van der Waals surface area contributed by atoms with Crippen LogP contribution in [0.1, 0.15) is 10.5 Å². The SMILES string of the molecule is NC(=O)c1nc(-c2ccccc2)nc(-c2c(Cl)ccc3[nH]ncc23)c1N. The minimum atomic E-state index is -0.737. The van der Waals surface area contributed by atoms with Gasteiger partial charge in [-0.2, -0.15) is 5.10 Å². The maximum atomic E-state index is 11.9. The minimum Gasteiger partial charge on any atom is -0.395 e. The van der Waals surface area contributed by atoms with Gasteiger partial charge in [-0.05, 0) is 12.1 Å². The van der Waals surface area contributed by atoms with E-state index in [0.717, 1.165) is 16.5 Å². The molecule has 0 radical (unpaired) electrons. The van der Waals surface area contributed by atoms with Gasteiger partial charge in [-0.1, -0.05) is 41.9 Å². The molecule has 0 spiro atoms. The fraction of sp³-hybridized carbons (Fsp3) is 0. The third-order valence-corrected chi connectivity index (χ3v) is 4.34. The van der Waals surface area contributed by atoms with E-state index in [4.69, 9.17) is 23.1 Å². The quantitative estimate of drug-likeness (QED) is 0.515. The average molecular weight is 365 g/mol. The molecule has 0 saturated carbocycles. The highest BCUT2D eigenvalue weighted by Gasteiger charge is 2.21. The number of primary amides is 1. The zero-order valence-electron chi connectivity index (χ0n) is 13.4. The van der Waals surface area contributed by atoms with Crippen molar-refractivity contribution in [1.82, 2.24) is 20.2 Å². The summed E-state index contributed by atoms with van der Waals surface area (Å²) in [5.41, 5.74) is 14.1. The van der Waals surface area contributed by atoms with Gasteiger partial charge in [0.05, 0.1) is 22.4 Å². The highest BCUT2D eigenvalue weighted by atomic mass is 35.5. The molecule has 1 amide bonds. The molecule has 8 heteroatoms. The van der Waals surface area contributed by atoms with E-state index in [0.29, 0.717) is 22.1 Å². The number of benzene rings is 2. The van der Waals surface area contributed by atoms with Crippen LogP contribution in [0.15, 0.2) is 48.7 Å². The standard InChI is InChI=1S/C18H13ClN6O/c19-11-6-7-12-10(8-22-25-12)13(11)15-14(20)16(17(21)26)24-18(23-15)9-4-2-1-3-5-9/h1-8H,20H2,(H2,21,26)(H,22,25). The molecule has 0 atom stereocenters. The Morgan fingerprint density at radius 2 is 1.85 bits per heavy atom. The van der Waals surface area contributed by atoms with Gasteiger partial charge in [-0.25, -0.2) is 9.97 Å². The van der Waals surface area contributed by atoms with Crippen LogP contribution in [-0.4, -0.2) is 26.1 Å². The van der Waals surface area contributed by atoms with Gasteiger partial charge in [-0.15, -0.1) is 0 Å². The molecule has 26 heavy (non-hydrogen) atoms. The Hall–Kier alpha value is -3.45. The number of carbonyl (C=O) groups excluding carboxylic acids is 1. The monoisotopic (exact) mass is 364 g/mol. The third-order valence-electron chi connectivity index (χ3n) is 4.02. The second kappa shape index (κ2) is 6.12. The van der Waals surface area contributed by atoms with E-state index < -0.39 is 5.91 Å². The summed E-state index contributed by atoms with van der Waals surface area (Å²) in [4.78, 5) is 20.7. The van der Waals surface area contributed by atoms with E-state index >= 15 is 0 Å². The van der Waals surface area contributed by atoms with Crippen LogP contribution in [0.2, 0.25) is 5.02 Å². The molecule has 4 rings (SSSR count). The Labute approximate surface area is 153 Å². The molecule has 0 aliphatic rings. The number of aromatic amines is 1. The largest absolute Gasteiger partial charge is 0.395 e. The van der Waals surface area contributed by atoms with Gasteiger partial charge in [0.2, 0.25) is 0 Å². The zero-order valence-corrected chi connectivity index (χ0v) is 14.2. The summed E-state index contributed by atoms with van der Waals surface area (Å²) < 4.78 is 0. The summed E-state index contributed by atoms with van der Waals surface area (Å²) in [5, 5.41) is 8.08. The second-order valence-electron chi connectivity index (χ2n) is 5.64. The van der Waals surface area contributed by atoms with Crippen molar-refractivity contribution in [3.63, 3.8) is 0 Å². The van der Waals surface area contributed by atoms with Crippen molar-refractivity contribution in [2.75, 3.05) is 5.73 Å². The number of rotatable bonds is 3. The lowest BCUT2D eigenvalue weighted by Crippen LogP contribution is -2.18. The van der Waals surface area contributed by atoms with Crippen LogP contribution in [0, 0.1) is 0 Å². The number of hydrogen-bond acceptors (Lipinski definition) is 5. The Bertz CT molecular complexity index is 1140. The molecule has 0 unspecified atom stereocenters. The molecule has 2 aromatic heterocycles. The van der Waals surface area contributed by atoms with Crippen LogP contribution in [0.4, 0.5) is 5.69 Å². The van der Waals surface area contributed by atoms with Crippen molar-refractivity contribution in [3.8, 4) is 22.6 Å². The van der Waals surface area contributed by atoms with Crippen molar-refractivity contribution >= 4 is 34.1 Å². The highest BCUT2D eigenvalue weighted by molar-refractivity contribution is 6.35. The van der Waals surface area contributed by atoms with E-state index in [1.165, 1.54) is 0 Å². The lowest BCUT2D eigenvalue weighted by atomic mass is 10.0. The summed E-state index contributed by atoms with van der Waals surface area (Å²) >= 11 is 6.42. The average Bonchev–Trinajstić information content (AvgIpc) is 3.11. The smallest absolute Gasteiger partial charge is 0.269 e. The molecule has 4 aromatic rings. The van der Waals surface area contributed by atoms with Gasteiger partial charge in [0.15, 0.2) is 11.5 Å². The van der Waals surface area contributed by atoms with E-state index in [2.05, 4.69) is 20.2 Å². The Balaban J connectivity index is 2.07. The summed E-state index contributed by atoms with van der Waals surface area (Å²) in [6.07, 6.45) is 1.63. The molecule has 0 aliphatic heterocycles. The number of fused-ring (bicyclic) bond motifs is 1. The number of amides is 1.